The van der Waals surface area contributed by atoms with E-state index in [4.69, 9.17) is 0 Å². The summed E-state index contributed by atoms with van der Waals surface area (Å²) in [5.74, 6) is -1.19. The number of benzene rings is 2. The summed E-state index contributed by atoms with van der Waals surface area (Å²) in [5.41, 5.74) is 0.592. The van der Waals surface area contributed by atoms with Crippen molar-refractivity contribution in [1.29, 1.82) is 0 Å². The SMILES string of the molecule is CC(CO)(NCc1ccc(F)cc1F)c1ccccc1. The Kier molecular flexibility index (Phi) is 4.47. The van der Waals surface area contributed by atoms with Crippen molar-refractivity contribution in [3.63, 3.8) is 0 Å². The van der Waals surface area contributed by atoms with Gasteiger partial charge < -0.3 is 10.4 Å². The molecule has 4 heteroatoms. The molecule has 0 saturated heterocycles. The van der Waals surface area contributed by atoms with Gasteiger partial charge in [0.15, 0.2) is 0 Å². The Bertz CT molecular complexity index is 574. The molecule has 2 rings (SSSR count). The van der Waals surface area contributed by atoms with Gasteiger partial charge >= 0.3 is 0 Å². The molecule has 106 valence electrons. The van der Waals surface area contributed by atoms with Gasteiger partial charge in [-0.15, -0.1) is 0 Å². The maximum absolute atomic E-state index is 13.6. The number of halogens is 2. The van der Waals surface area contributed by atoms with Gasteiger partial charge in [0.25, 0.3) is 0 Å². The standard InChI is InChI=1S/C16H17F2NO/c1-16(11-20,13-5-3-2-4-6-13)19-10-12-7-8-14(17)9-15(12)18/h2-9,19-20H,10-11H2,1H3. The molecule has 0 aliphatic carbocycles. The number of rotatable bonds is 5. The highest BCUT2D eigenvalue weighted by Gasteiger charge is 2.25. The highest BCUT2D eigenvalue weighted by molar-refractivity contribution is 5.25. The van der Waals surface area contributed by atoms with Crippen LogP contribution in [0.1, 0.15) is 18.1 Å². The molecule has 0 radical (unpaired) electrons. The van der Waals surface area contributed by atoms with E-state index in [0.29, 0.717) is 5.56 Å². The van der Waals surface area contributed by atoms with E-state index in [9.17, 15) is 13.9 Å². The minimum absolute atomic E-state index is 0.125. The molecule has 0 bridgehead atoms. The van der Waals surface area contributed by atoms with Crippen LogP contribution in [0, 0.1) is 11.6 Å². The minimum atomic E-state index is -0.678. The van der Waals surface area contributed by atoms with Gasteiger partial charge in [0, 0.05) is 18.2 Å². The van der Waals surface area contributed by atoms with E-state index in [1.54, 1.807) is 0 Å². The summed E-state index contributed by atoms with van der Waals surface area (Å²) >= 11 is 0. The normalized spacial score (nSPS) is 14.0. The molecule has 2 aromatic carbocycles. The highest BCUT2D eigenvalue weighted by atomic mass is 19.1. The second kappa shape index (κ2) is 6.11. The van der Waals surface area contributed by atoms with Crippen molar-refractivity contribution in [3.8, 4) is 0 Å². The number of aliphatic hydroxyl groups is 1. The zero-order valence-electron chi connectivity index (χ0n) is 11.2. The van der Waals surface area contributed by atoms with Crippen LogP contribution < -0.4 is 5.32 Å². The van der Waals surface area contributed by atoms with Crippen molar-refractivity contribution in [2.45, 2.75) is 19.0 Å². The predicted molar refractivity (Wildman–Crippen MR) is 74.1 cm³/mol. The van der Waals surface area contributed by atoms with Crippen molar-refractivity contribution in [3.05, 3.63) is 71.3 Å². The minimum Gasteiger partial charge on any atom is -0.394 e. The third-order valence-electron chi connectivity index (χ3n) is 3.41. The van der Waals surface area contributed by atoms with Crippen LogP contribution in [0.2, 0.25) is 0 Å². The van der Waals surface area contributed by atoms with E-state index in [0.717, 1.165) is 11.6 Å². The first-order valence-corrected chi connectivity index (χ1v) is 6.40. The van der Waals surface area contributed by atoms with Gasteiger partial charge in [0.05, 0.1) is 12.1 Å². The summed E-state index contributed by atoms with van der Waals surface area (Å²) < 4.78 is 26.4. The molecule has 1 atom stereocenters. The van der Waals surface area contributed by atoms with E-state index in [1.807, 2.05) is 37.3 Å². The summed E-state index contributed by atoms with van der Waals surface area (Å²) in [4.78, 5) is 0. The van der Waals surface area contributed by atoms with Crippen LogP contribution in [0.25, 0.3) is 0 Å². The molecule has 0 heterocycles. The third kappa shape index (κ3) is 3.21. The van der Waals surface area contributed by atoms with Gasteiger partial charge in [-0.3, -0.25) is 0 Å². The van der Waals surface area contributed by atoms with Gasteiger partial charge in [-0.05, 0) is 18.6 Å². The lowest BCUT2D eigenvalue weighted by Crippen LogP contribution is -2.42. The molecule has 0 amide bonds. The molecule has 0 saturated carbocycles. The average Bonchev–Trinajstić information content (AvgIpc) is 2.47. The maximum Gasteiger partial charge on any atom is 0.130 e. The summed E-state index contributed by atoms with van der Waals surface area (Å²) in [6.07, 6.45) is 0. The van der Waals surface area contributed by atoms with Crippen LogP contribution in [0.3, 0.4) is 0 Å². The van der Waals surface area contributed by atoms with E-state index in [-0.39, 0.29) is 13.2 Å². The lowest BCUT2D eigenvalue weighted by Gasteiger charge is -2.29. The van der Waals surface area contributed by atoms with Crippen LogP contribution in [0.5, 0.6) is 0 Å². The molecule has 0 fully saturated rings. The van der Waals surface area contributed by atoms with E-state index >= 15 is 0 Å². The number of hydrogen-bond donors (Lipinski definition) is 2. The van der Waals surface area contributed by atoms with Gasteiger partial charge in [-0.2, -0.15) is 0 Å². The molecular formula is C16H17F2NO. The van der Waals surface area contributed by atoms with Crippen LogP contribution in [0.4, 0.5) is 8.78 Å². The van der Waals surface area contributed by atoms with Crippen LogP contribution in [-0.2, 0) is 12.1 Å². The third-order valence-corrected chi connectivity index (χ3v) is 3.41. The highest BCUT2D eigenvalue weighted by Crippen LogP contribution is 2.21. The second-order valence-electron chi connectivity index (χ2n) is 4.95. The molecule has 0 spiro atoms. The van der Waals surface area contributed by atoms with Gasteiger partial charge in [0.1, 0.15) is 11.6 Å². The second-order valence-corrected chi connectivity index (χ2v) is 4.95. The van der Waals surface area contributed by atoms with E-state index in [2.05, 4.69) is 5.32 Å². The molecule has 2 N–H and O–H groups in total. The lowest BCUT2D eigenvalue weighted by atomic mass is 9.92. The Morgan fingerprint density at radius 1 is 1.10 bits per heavy atom. The monoisotopic (exact) mass is 277 g/mol. The van der Waals surface area contributed by atoms with Crippen molar-refractivity contribution in [2.75, 3.05) is 6.61 Å². The quantitative estimate of drug-likeness (QED) is 0.880. The summed E-state index contributed by atoms with van der Waals surface area (Å²) in [7, 11) is 0. The molecule has 20 heavy (non-hydrogen) atoms. The zero-order valence-corrected chi connectivity index (χ0v) is 11.2. The fourth-order valence-electron chi connectivity index (χ4n) is 2.01. The Balaban J connectivity index is 2.15. The summed E-state index contributed by atoms with van der Waals surface area (Å²) in [6.45, 7) is 1.92. The van der Waals surface area contributed by atoms with Gasteiger partial charge in [-0.25, -0.2) is 8.78 Å². The molecule has 1 unspecified atom stereocenters. The fourth-order valence-corrected chi connectivity index (χ4v) is 2.01. The maximum atomic E-state index is 13.6. The smallest absolute Gasteiger partial charge is 0.130 e. The van der Waals surface area contributed by atoms with Crippen molar-refractivity contribution >= 4 is 0 Å². The zero-order chi connectivity index (χ0) is 14.6. The summed E-state index contributed by atoms with van der Waals surface area (Å²) in [5, 5.41) is 12.7. The number of nitrogens with one attached hydrogen (secondary N) is 1. The number of aliphatic hydroxyl groups excluding tert-OH is 1. The van der Waals surface area contributed by atoms with Gasteiger partial charge in [-0.1, -0.05) is 36.4 Å². The van der Waals surface area contributed by atoms with Crippen LogP contribution >= 0.6 is 0 Å². The van der Waals surface area contributed by atoms with Crippen LogP contribution in [0.15, 0.2) is 48.5 Å². The predicted octanol–water partition coefficient (Wildman–Crippen LogP) is 2.96. The first-order chi connectivity index (χ1) is 9.55. The molecule has 0 aromatic heterocycles. The molecule has 0 aliphatic heterocycles. The Morgan fingerprint density at radius 3 is 2.40 bits per heavy atom. The van der Waals surface area contributed by atoms with Gasteiger partial charge in [0.2, 0.25) is 0 Å². The van der Waals surface area contributed by atoms with Crippen molar-refractivity contribution in [2.24, 2.45) is 0 Å². The Morgan fingerprint density at radius 2 is 1.80 bits per heavy atom. The molecule has 2 aromatic rings. The summed E-state index contributed by atoms with van der Waals surface area (Å²) in [6, 6.07) is 12.9. The lowest BCUT2D eigenvalue weighted by molar-refractivity contribution is 0.173. The largest absolute Gasteiger partial charge is 0.394 e. The first-order valence-electron chi connectivity index (χ1n) is 6.40. The van der Waals surface area contributed by atoms with Crippen LogP contribution in [-0.4, -0.2) is 11.7 Å². The van der Waals surface area contributed by atoms with E-state index < -0.39 is 17.2 Å². The first kappa shape index (κ1) is 14.6. The number of hydrogen-bond acceptors (Lipinski definition) is 2. The van der Waals surface area contributed by atoms with Crippen molar-refractivity contribution < 1.29 is 13.9 Å². The topological polar surface area (TPSA) is 32.3 Å². The molecule has 0 aliphatic rings. The van der Waals surface area contributed by atoms with Crippen molar-refractivity contribution in [1.82, 2.24) is 5.32 Å². The Hall–Kier alpha value is -1.78. The fraction of sp³-hybridized carbons (Fsp3) is 0.250. The molecule has 2 nitrogen and oxygen atoms in total. The van der Waals surface area contributed by atoms with E-state index in [1.165, 1.54) is 12.1 Å². The molecular weight excluding hydrogens is 260 g/mol. The Labute approximate surface area is 117 Å². The average molecular weight is 277 g/mol.